The van der Waals surface area contributed by atoms with Gasteiger partial charge in [-0.15, -0.1) is 0 Å². The van der Waals surface area contributed by atoms with Crippen molar-refractivity contribution in [2.75, 3.05) is 26.2 Å². The maximum atomic E-state index is 13.0. The third kappa shape index (κ3) is 4.66. The van der Waals surface area contributed by atoms with E-state index in [2.05, 4.69) is 4.90 Å². The number of amides is 1. The molecule has 1 aliphatic heterocycles. The standard InChI is InChI=1S/C23H24ClN3O5/c1-3-25(4-2)13-14-26-20(15-5-9-17(24)10-6-15)19(22(29)23(26)30)21(28)16-7-11-18(12-8-16)27(31)32/h5-12,20,28H,3-4,13-14H2,1-2H3/b21-19-. The summed E-state index contributed by atoms with van der Waals surface area (Å²) in [6, 6.07) is 11.1. The first-order valence-corrected chi connectivity index (χ1v) is 10.7. The van der Waals surface area contributed by atoms with Crippen molar-refractivity contribution in [1.82, 2.24) is 9.80 Å². The zero-order chi connectivity index (χ0) is 23.4. The highest BCUT2D eigenvalue weighted by Gasteiger charge is 2.45. The van der Waals surface area contributed by atoms with Crippen molar-refractivity contribution < 1.29 is 19.6 Å². The molecular formula is C23H24ClN3O5. The first kappa shape index (κ1) is 23.4. The zero-order valence-electron chi connectivity index (χ0n) is 17.8. The summed E-state index contributed by atoms with van der Waals surface area (Å²) < 4.78 is 0. The second-order valence-electron chi connectivity index (χ2n) is 7.37. The lowest BCUT2D eigenvalue weighted by atomic mass is 9.95. The van der Waals surface area contributed by atoms with Gasteiger partial charge in [-0.25, -0.2) is 0 Å². The van der Waals surface area contributed by atoms with Crippen LogP contribution in [0.5, 0.6) is 0 Å². The average Bonchev–Trinajstić information content (AvgIpc) is 3.04. The number of likely N-dealkylation sites (tertiary alicyclic amines) is 1. The molecule has 9 heteroatoms. The third-order valence-corrected chi connectivity index (χ3v) is 5.88. The molecule has 168 valence electrons. The van der Waals surface area contributed by atoms with E-state index in [0.717, 1.165) is 13.1 Å². The van der Waals surface area contributed by atoms with Crippen molar-refractivity contribution in [2.45, 2.75) is 19.9 Å². The van der Waals surface area contributed by atoms with Crippen molar-refractivity contribution in [2.24, 2.45) is 0 Å². The second kappa shape index (κ2) is 9.93. The number of likely N-dealkylation sites (N-methyl/N-ethyl adjacent to an activating group) is 1. The van der Waals surface area contributed by atoms with E-state index in [1.807, 2.05) is 13.8 Å². The van der Waals surface area contributed by atoms with Crippen LogP contribution >= 0.6 is 11.6 Å². The molecule has 2 aromatic rings. The molecule has 0 saturated carbocycles. The Morgan fingerprint density at radius 3 is 2.22 bits per heavy atom. The number of Topliss-reactive ketones (excluding diaryl/α,β-unsaturated/α-hetero) is 1. The molecule has 1 fully saturated rings. The molecule has 2 aromatic carbocycles. The number of ketones is 1. The minimum atomic E-state index is -0.793. The lowest BCUT2D eigenvalue weighted by Crippen LogP contribution is -2.38. The number of nitro groups is 1. The summed E-state index contributed by atoms with van der Waals surface area (Å²) in [4.78, 5) is 39.9. The number of nitrogens with zero attached hydrogens (tertiary/aromatic N) is 3. The molecule has 0 spiro atoms. The second-order valence-corrected chi connectivity index (χ2v) is 7.81. The molecule has 0 aromatic heterocycles. The fourth-order valence-corrected chi connectivity index (χ4v) is 3.91. The molecule has 0 bridgehead atoms. The van der Waals surface area contributed by atoms with Crippen molar-refractivity contribution in [3.63, 3.8) is 0 Å². The topological polar surface area (TPSA) is 104 Å². The fourth-order valence-electron chi connectivity index (χ4n) is 3.79. The van der Waals surface area contributed by atoms with Gasteiger partial charge in [0.2, 0.25) is 0 Å². The van der Waals surface area contributed by atoms with Gasteiger partial charge in [0.05, 0.1) is 16.5 Å². The van der Waals surface area contributed by atoms with E-state index in [1.165, 1.54) is 29.2 Å². The van der Waals surface area contributed by atoms with E-state index in [9.17, 15) is 24.8 Å². The molecule has 1 atom stereocenters. The van der Waals surface area contributed by atoms with Crippen LogP contribution in [0.2, 0.25) is 5.02 Å². The predicted octanol–water partition coefficient (Wildman–Crippen LogP) is 4.01. The molecule has 1 aliphatic rings. The first-order chi connectivity index (χ1) is 15.3. The fraction of sp³-hybridized carbons (Fsp3) is 0.304. The van der Waals surface area contributed by atoms with E-state index in [-0.39, 0.29) is 22.6 Å². The Morgan fingerprint density at radius 1 is 1.09 bits per heavy atom. The first-order valence-electron chi connectivity index (χ1n) is 10.3. The van der Waals surface area contributed by atoms with Gasteiger partial charge in [-0.1, -0.05) is 37.6 Å². The minimum Gasteiger partial charge on any atom is -0.507 e. The lowest BCUT2D eigenvalue weighted by Gasteiger charge is -2.28. The molecule has 1 heterocycles. The normalized spacial score (nSPS) is 17.9. The minimum absolute atomic E-state index is 0.0503. The smallest absolute Gasteiger partial charge is 0.295 e. The van der Waals surface area contributed by atoms with Crippen molar-refractivity contribution in [1.29, 1.82) is 0 Å². The molecule has 1 saturated heterocycles. The van der Waals surface area contributed by atoms with Gasteiger partial charge in [0.25, 0.3) is 17.4 Å². The van der Waals surface area contributed by atoms with Gasteiger partial charge in [-0.3, -0.25) is 19.7 Å². The summed E-state index contributed by atoms with van der Waals surface area (Å²) in [5.41, 5.74) is 0.661. The highest BCUT2D eigenvalue weighted by atomic mass is 35.5. The highest BCUT2D eigenvalue weighted by molar-refractivity contribution is 6.46. The highest BCUT2D eigenvalue weighted by Crippen LogP contribution is 2.39. The van der Waals surface area contributed by atoms with Crippen LogP contribution in [0.25, 0.3) is 5.76 Å². The van der Waals surface area contributed by atoms with E-state index >= 15 is 0 Å². The maximum absolute atomic E-state index is 13.0. The average molecular weight is 458 g/mol. The molecular weight excluding hydrogens is 434 g/mol. The van der Waals surface area contributed by atoms with E-state index in [4.69, 9.17) is 11.6 Å². The summed E-state index contributed by atoms with van der Waals surface area (Å²) in [5.74, 6) is -1.86. The maximum Gasteiger partial charge on any atom is 0.295 e. The molecule has 32 heavy (non-hydrogen) atoms. The molecule has 1 amide bonds. The van der Waals surface area contributed by atoms with E-state index in [1.54, 1.807) is 24.3 Å². The van der Waals surface area contributed by atoms with Crippen LogP contribution in [0.3, 0.4) is 0 Å². The number of aliphatic hydroxyl groups is 1. The van der Waals surface area contributed by atoms with Gasteiger partial charge in [-0.2, -0.15) is 0 Å². The van der Waals surface area contributed by atoms with Crippen LogP contribution < -0.4 is 0 Å². The summed E-state index contributed by atoms with van der Waals surface area (Å²) in [6.07, 6.45) is 0. The van der Waals surface area contributed by atoms with E-state index in [0.29, 0.717) is 23.7 Å². The Hall–Kier alpha value is -3.23. The number of benzene rings is 2. The van der Waals surface area contributed by atoms with Crippen LogP contribution in [-0.4, -0.2) is 57.7 Å². The number of carbonyl (C=O) groups excluding carboxylic acids is 2. The van der Waals surface area contributed by atoms with Crippen molar-refractivity contribution in [3.8, 4) is 0 Å². The van der Waals surface area contributed by atoms with Crippen molar-refractivity contribution >= 4 is 34.7 Å². The number of rotatable bonds is 8. The molecule has 8 nitrogen and oxygen atoms in total. The van der Waals surface area contributed by atoms with Gasteiger partial charge >= 0.3 is 0 Å². The van der Waals surface area contributed by atoms with Crippen molar-refractivity contribution in [3.05, 3.63) is 80.4 Å². The number of halogens is 1. The Labute approximate surface area is 190 Å². The molecule has 1 N–H and O–H groups in total. The Bertz CT molecular complexity index is 1050. The number of hydrogen-bond donors (Lipinski definition) is 1. The van der Waals surface area contributed by atoms with Crippen LogP contribution in [-0.2, 0) is 9.59 Å². The summed E-state index contributed by atoms with van der Waals surface area (Å²) >= 11 is 6.02. The van der Waals surface area contributed by atoms with Gasteiger partial charge < -0.3 is 14.9 Å². The SMILES string of the molecule is CCN(CC)CCN1C(=O)C(=O)/C(=C(\O)c2ccc([N+](=O)[O-])cc2)C1c1ccc(Cl)cc1. The number of nitro benzene ring substituents is 1. The Morgan fingerprint density at radius 2 is 1.69 bits per heavy atom. The van der Waals surface area contributed by atoms with Gasteiger partial charge in [-0.05, 0) is 42.9 Å². The number of carbonyl (C=O) groups is 2. The van der Waals surface area contributed by atoms with Crippen LogP contribution in [0.1, 0.15) is 31.0 Å². The zero-order valence-corrected chi connectivity index (χ0v) is 18.6. The largest absolute Gasteiger partial charge is 0.507 e. The van der Waals surface area contributed by atoms with E-state index < -0.39 is 22.7 Å². The quantitative estimate of drug-likeness (QED) is 0.211. The van der Waals surface area contributed by atoms with Gasteiger partial charge in [0.15, 0.2) is 0 Å². The van der Waals surface area contributed by atoms with Crippen LogP contribution in [0.15, 0.2) is 54.1 Å². The Balaban J connectivity index is 2.08. The van der Waals surface area contributed by atoms with Crippen LogP contribution in [0, 0.1) is 10.1 Å². The Kier molecular flexibility index (Phi) is 7.27. The lowest BCUT2D eigenvalue weighted by molar-refractivity contribution is -0.384. The van der Waals surface area contributed by atoms with Gasteiger partial charge in [0, 0.05) is 35.8 Å². The summed E-state index contributed by atoms with van der Waals surface area (Å²) in [7, 11) is 0. The predicted molar refractivity (Wildman–Crippen MR) is 121 cm³/mol. The number of hydrogen-bond acceptors (Lipinski definition) is 6. The molecule has 3 rings (SSSR count). The molecule has 0 aliphatic carbocycles. The molecule has 0 radical (unpaired) electrons. The number of non-ortho nitro benzene ring substituents is 1. The monoisotopic (exact) mass is 457 g/mol. The van der Waals surface area contributed by atoms with Gasteiger partial charge in [0.1, 0.15) is 5.76 Å². The summed E-state index contributed by atoms with van der Waals surface area (Å²) in [6.45, 7) is 6.51. The molecule has 1 unspecified atom stereocenters. The van der Waals surface area contributed by atoms with Crippen LogP contribution in [0.4, 0.5) is 5.69 Å². The number of aliphatic hydroxyl groups excluding tert-OH is 1. The summed E-state index contributed by atoms with van der Waals surface area (Å²) in [5, 5.41) is 22.4. The third-order valence-electron chi connectivity index (χ3n) is 5.63.